The van der Waals surface area contributed by atoms with E-state index in [2.05, 4.69) is 5.32 Å². The van der Waals surface area contributed by atoms with E-state index in [1.807, 2.05) is 55.5 Å². The first-order valence-electron chi connectivity index (χ1n) is 7.44. The SMILES string of the molecule is Cc1cccc(OCCC(=O)NCCc2ccc(N)cc2)c1. The molecule has 0 fully saturated rings. The van der Waals surface area contributed by atoms with Crippen LogP contribution >= 0.6 is 0 Å². The molecule has 0 unspecified atom stereocenters. The quantitative estimate of drug-likeness (QED) is 0.772. The first-order valence-corrected chi connectivity index (χ1v) is 7.44. The third-order valence-electron chi connectivity index (χ3n) is 3.30. The molecule has 0 saturated heterocycles. The van der Waals surface area contributed by atoms with E-state index >= 15 is 0 Å². The van der Waals surface area contributed by atoms with Crippen molar-refractivity contribution in [1.82, 2.24) is 5.32 Å². The van der Waals surface area contributed by atoms with Gasteiger partial charge in [0.05, 0.1) is 13.0 Å². The lowest BCUT2D eigenvalue weighted by Crippen LogP contribution is -2.27. The van der Waals surface area contributed by atoms with E-state index in [1.165, 1.54) is 0 Å². The molecule has 0 aliphatic carbocycles. The Labute approximate surface area is 131 Å². The van der Waals surface area contributed by atoms with Gasteiger partial charge in [-0.15, -0.1) is 0 Å². The topological polar surface area (TPSA) is 64.3 Å². The van der Waals surface area contributed by atoms with E-state index in [0.717, 1.165) is 29.0 Å². The highest BCUT2D eigenvalue weighted by Crippen LogP contribution is 2.12. The summed E-state index contributed by atoms with van der Waals surface area (Å²) in [6, 6.07) is 15.5. The number of nitrogens with two attached hydrogens (primary N) is 1. The van der Waals surface area contributed by atoms with Crippen molar-refractivity contribution >= 4 is 11.6 Å². The Bertz CT molecular complexity index is 609. The van der Waals surface area contributed by atoms with Crippen LogP contribution in [0, 0.1) is 6.92 Å². The maximum Gasteiger partial charge on any atom is 0.223 e. The molecule has 4 nitrogen and oxygen atoms in total. The van der Waals surface area contributed by atoms with Crippen LogP contribution in [0.1, 0.15) is 17.5 Å². The summed E-state index contributed by atoms with van der Waals surface area (Å²) >= 11 is 0. The molecule has 2 rings (SSSR count). The van der Waals surface area contributed by atoms with Crippen molar-refractivity contribution in [3.8, 4) is 5.75 Å². The Balaban J connectivity index is 1.62. The number of hydrogen-bond donors (Lipinski definition) is 2. The number of carbonyl (C=O) groups excluding carboxylic acids is 1. The molecule has 0 heterocycles. The van der Waals surface area contributed by atoms with Crippen LogP contribution in [0.4, 0.5) is 5.69 Å². The number of aryl methyl sites for hydroxylation is 1. The van der Waals surface area contributed by atoms with E-state index < -0.39 is 0 Å². The van der Waals surface area contributed by atoms with Gasteiger partial charge in [-0.1, -0.05) is 24.3 Å². The van der Waals surface area contributed by atoms with Crippen molar-refractivity contribution in [2.75, 3.05) is 18.9 Å². The number of carbonyl (C=O) groups is 1. The van der Waals surface area contributed by atoms with Gasteiger partial charge in [0, 0.05) is 12.2 Å². The Morgan fingerprint density at radius 2 is 1.95 bits per heavy atom. The number of amides is 1. The maximum absolute atomic E-state index is 11.7. The second-order valence-electron chi connectivity index (χ2n) is 5.26. The molecular weight excluding hydrogens is 276 g/mol. The van der Waals surface area contributed by atoms with E-state index in [9.17, 15) is 4.79 Å². The fourth-order valence-electron chi connectivity index (χ4n) is 2.09. The standard InChI is InChI=1S/C18H22N2O2/c1-14-3-2-4-17(13-14)22-12-10-18(21)20-11-9-15-5-7-16(19)8-6-15/h2-8,13H,9-12,19H2,1H3,(H,20,21). The normalized spacial score (nSPS) is 10.2. The monoisotopic (exact) mass is 298 g/mol. The van der Waals surface area contributed by atoms with Crippen molar-refractivity contribution < 1.29 is 9.53 Å². The molecule has 2 aromatic rings. The van der Waals surface area contributed by atoms with Gasteiger partial charge in [-0.25, -0.2) is 0 Å². The van der Waals surface area contributed by atoms with Crippen molar-refractivity contribution in [2.24, 2.45) is 0 Å². The average Bonchev–Trinajstić information content (AvgIpc) is 2.49. The third kappa shape index (κ3) is 5.48. The van der Waals surface area contributed by atoms with Crippen LogP contribution in [0.5, 0.6) is 5.75 Å². The number of ether oxygens (including phenoxy) is 1. The second-order valence-corrected chi connectivity index (χ2v) is 5.26. The highest BCUT2D eigenvalue weighted by Gasteiger charge is 2.02. The third-order valence-corrected chi connectivity index (χ3v) is 3.30. The van der Waals surface area contributed by atoms with Crippen LogP contribution in [0.3, 0.4) is 0 Å². The number of nitrogens with one attached hydrogen (secondary N) is 1. The molecule has 1 amide bonds. The van der Waals surface area contributed by atoms with E-state index in [1.54, 1.807) is 0 Å². The van der Waals surface area contributed by atoms with Gasteiger partial charge in [-0.05, 0) is 48.7 Å². The Kier molecular flexibility index (Phi) is 5.83. The van der Waals surface area contributed by atoms with Gasteiger partial charge in [0.2, 0.25) is 5.91 Å². The predicted octanol–water partition coefficient (Wildman–Crippen LogP) is 2.71. The van der Waals surface area contributed by atoms with Gasteiger partial charge in [-0.2, -0.15) is 0 Å². The summed E-state index contributed by atoms with van der Waals surface area (Å²) in [4.78, 5) is 11.7. The summed E-state index contributed by atoms with van der Waals surface area (Å²) in [5, 5.41) is 2.89. The van der Waals surface area contributed by atoms with E-state index in [-0.39, 0.29) is 5.91 Å². The molecule has 22 heavy (non-hydrogen) atoms. The van der Waals surface area contributed by atoms with Gasteiger partial charge < -0.3 is 15.8 Å². The van der Waals surface area contributed by atoms with Crippen molar-refractivity contribution in [2.45, 2.75) is 19.8 Å². The molecule has 0 atom stereocenters. The zero-order chi connectivity index (χ0) is 15.8. The van der Waals surface area contributed by atoms with Gasteiger partial charge in [0.15, 0.2) is 0 Å². The predicted molar refractivity (Wildman–Crippen MR) is 88.9 cm³/mol. The fourth-order valence-corrected chi connectivity index (χ4v) is 2.09. The molecule has 0 radical (unpaired) electrons. The molecule has 4 heteroatoms. The lowest BCUT2D eigenvalue weighted by Gasteiger charge is -2.08. The molecule has 0 saturated carbocycles. The maximum atomic E-state index is 11.7. The number of rotatable bonds is 7. The molecule has 0 bridgehead atoms. The molecule has 2 aromatic carbocycles. The molecule has 0 aliphatic heterocycles. The highest BCUT2D eigenvalue weighted by molar-refractivity contribution is 5.76. The summed E-state index contributed by atoms with van der Waals surface area (Å²) in [5.41, 5.74) is 8.68. The molecule has 0 aliphatic rings. The minimum absolute atomic E-state index is 0.00287. The first kappa shape index (κ1) is 15.9. The lowest BCUT2D eigenvalue weighted by atomic mass is 10.1. The molecule has 116 valence electrons. The van der Waals surface area contributed by atoms with Crippen LogP contribution in [-0.4, -0.2) is 19.1 Å². The van der Waals surface area contributed by atoms with Crippen LogP contribution in [0.15, 0.2) is 48.5 Å². The van der Waals surface area contributed by atoms with E-state index in [4.69, 9.17) is 10.5 Å². The van der Waals surface area contributed by atoms with Crippen LogP contribution in [-0.2, 0) is 11.2 Å². The molecule has 3 N–H and O–H groups in total. The largest absolute Gasteiger partial charge is 0.493 e. The van der Waals surface area contributed by atoms with Gasteiger partial charge in [-0.3, -0.25) is 4.79 Å². The minimum Gasteiger partial charge on any atom is -0.493 e. The average molecular weight is 298 g/mol. The summed E-state index contributed by atoms with van der Waals surface area (Å²) < 4.78 is 5.56. The van der Waals surface area contributed by atoms with E-state index in [0.29, 0.717) is 19.6 Å². The highest BCUT2D eigenvalue weighted by atomic mass is 16.5. The van der Waals surface area contributed by atoms with Crippen molar-refractivity contribution in [3.05, 3.63) is 59.7 Å². The van der Waals surface area contributed by atoms with Gasteiger partial charge in [0.25, 0.3) is 0 Å². The number of anilines is 1. The Hall–Kier alpha value is -2.49. The summed E-state index contributed by atoms with van der Waals surface area (Å²) in [7, 11) is 0. The summed E-state index contributed by atoms with van der Waals surface area (Å²) in [6.07, 6.45) is 1.15. The summed E-state index contributed by atoms with van der Waals surface area (Å²) in [6.45, 7) is 3.02. The van der Waals surface area contributed by atoms with Crippen molar-refractivity contribution in [3.63, 3.8) is 0 Å². The second kappa shape index (κ2) is 8.08. The molecular formula is C18H22N2O2. The zero-order valence-electron chi connectivity index (χ0n) is 12.8. The molecule has 0 spiro atoms. The smallest absolute Gasteiger partial charge is 0.223 e. The molecule has 0 aromatic heterocycles. The summed E-state index contributed by atoms with van der Waals surface area (Å²) in [5.74, 6) is 0.803. The van der Waals surface area contributed by atoms with Crippen molar-refractivity contribution in [1.29, 1.82) is 0 Å². The zero-order valence-corrected chi connectivity index (χ0v) is 12.8. The van der Waals surface area contributed by atoms with Crippen LogP contribution in [0.2, 0.25) is 0 Å². The fraction of sp³-hybridized carbons (Fsp3) is 0.278. The Morgan fingerprint density at radius 1 is 1.18 bits per heavy atom. The minimum atomic E-state index is 0.00287. The Morgan fingerprint density at radius 3 is 2.68 bits per heavy atom. The number of benzene rings is 2. The number of hydrogen-bond acceptors (Lipinski definition) is 3. The van der Waals surface area contributed by atoms with Crippen LogP contribution in [0.25, 0.3) is 0 Å². The van der Waals surface area contributed by atoms with Gasteiger partial charge >= 0.3 is 0 Å². The number of nitrogen functional groups attached to an aromatic ring is 1. The van der Waals surface area contributed by atoms with Crippen LogP contribution < -0.4 is 15.8 Å². The van der Waals surface area contributed by atoms with Gasteiger partial charge in [0.1, 0.15) is 5.75 Å². The first-order chi connectivity index (χ1) is 10.6. The lowest BCUT2D eigenvalue weighted by molar-refractivity contribution is -0.121.